The number of phenolic OH excluding ortho intramolecular Hbond substituents is 1. The number of benzene rings is 2. The van der Waals surface area contributed by atoms with Crippen LogP contribution in [-0.4, -0.2) is 42.0 Å². The van der Waals surface area contributed by atoms with Crippen LogP contribution in [-0.2, 0) is 9.47 Å². The van der Waals surface area contributed by atoms with Crippen molar-refractivity contribution < 1.29 is 29.3 Å². The van der Waals surface area contributed by atoms with Crippen molar-refractivity contribution in [1.29, 1.82) is 0 Å². The van der Waals surface area contributed by atoms with Crippen LogP contribution in [0.1, 0.15) is 40.5 Å². The number of rotatable bonds is 7. The molecule has 0 aliphatic heterocycles. The number of aromatic hydroxyl groups is 1. The second kappa shape index (κ2) is 12.5. The van der Waals surface area contributed by atoms with Gasteiger partial charge in [0.05, 0.1) is 24.3 Å². The summed E-state index contributed by atoms with van der Waals surface area (Å²) in [4.78, 5) is 22.4. The summed E-state index contributed by atoms with van der Waals surface area (Å²) < 4.78 is 9.77. The molecule has 2 aromatic carbocycles. The molecule has 0 aliphatic rings. The average molecular weight is 360 g/mol. The van der Waals surface area contributed by atoms with Gasteiger partial charge in [0.2, 0.25) is 0 Å². The van der Waals surface area contributed by atoms with Crippen LogP contribution in [0.25, 0.3) is 0 Å². The minimum Gasteiger partial charge on any atom is -0.508 e. The first-order valence-electron chi connectivity index (χ1n) is 8.37. The topological polar surface area (TPSA) is 93.1 Å². The molecule has 2 aromatic rings. The van der Waals surface area contributed by atoms with Crippen LogP contribution in [0.4, 0.5) is 0 Å². The number of ether oxygens (including phenoxy) is 2. The third-order valence-corrected chi connectivity index (χ3v) is 3.09. The highest BCUT2D eigenvalue weighted by atomic mass is 16.5. The molecular formula is C20H24O6. The van der Waals surface area contributed by atoms with Crippen LogP contribution >= 0.6 is 0 Å². The lowest BCUT2D eigenvalue weighted by molar-refractivity contribution is 0.0478. The van der Waals surface area contributed by atoms with Gasteiger partial charge in [-0.05, 0) is 42.8 Å². The molecule has 0 unspecified atom stereocenters. The van der Waals surface area contributed by atoms with Gasteiger partial charge in [-0.25, -0.2) is 9.59 Å². The van der Waals surface area contributed by atoms with Gasteiger partial charge in [-0.3, -0.25) is 0 Å². The van der Waals surface area contributed by atoms with Crippen LogP contribution in [0, 0.1) is 0 Å². The molecule has 0 fully saturated rings. The number of hydrogen-bond donors (Lipinski definition) is 2. The predicted molar refractivity (Wildman–Crippen MR) is 97.1 cm³/mol. The van der Waals surface area contributed by atoms with E-state index in [2.05, 4.69) is 0 Å². The fourth-order valence-electron chi connectivity index (χ4n) is 1.76. The molecule has 0 aliphatic carbocycles. The van der Waals surface area contributed by atoms with Crippen LogP contribution < -0.4 is 0 Å². The zero-order chi connectivity index (χ0) is 19.2. The Morgan fingerprint density at radius 2 is 1.38 bits per heavy atom. The Kier molecular flexibility index (Phi) is 10.2. The Balaban J connectivity index is 0.000000260. The lowest BCUT2D eigenvalue weighted by Crippen LogP contribution is -2.06. The van der Waals surface area contributed by atoms with Crippen molar-refractivity contribution in [2.45, 2.75) is 19.8 Å². The van der Waals surface area contributed by atoms with Crippen molar-refractivity contribution in [3.05, 3.63) is 65.7 Å². The number of aliphatic hydroxyl groups is 1. The Morgan fingerprint density at radius 1 is 0.846 bits per heavy atom. The van der Waals surface area contributed by atoms with E-state index in [1.165, 1.54) is 24.3 Å². The van der Waals surface area contributed by atoms with Crippen LogP contribution in [0.3, 0.4) is 0 Å². The highest BCUT2D eigenvalue weighted by molar-refractivity contribution is 5.89. The van der Waals surface area contributed by atoms with E-state index < -0.39 is 0 Å². The van der Waals surface area contributed by atoms with Crippen molar-refractivity contribution in [2.75, 3.05) is 19.8 Å². The van der Waals surface area contributed by atoms with Gasteiger partial charge in [0.1, 0.15) is 5.75 Å². The van der Waals surface area contributed by atoms with E-state index in [9.17, 15) is 9.59 Å². The molecule has 6 heteroatoms. The Bertz CT molecular complexity index is 652. The number of carbonyl (C=O) groups is 2. The molecule has 26 heavy (non-hydrogen) atoms. The van der Waals surface area contributed by atoms with Gasteiger partial charge in [-0.2, -0.15) is 0 Å². The van der Waals surface area contributed by atoms with Gasteiger partial charge in [0, 0.05) is 13.0 Å². The van der Waals surface area contributed by atoms with E-state index in [4.69, 9.17) is 19.7 Å². The molecule has 0 aromatic heterocycles. The third kappa shape index (κ3) is 8.30. The van der Waals surface area contributed by atoms with Crippen molar-refractivity contribution in [3.63, 3.8) is 0 Å². The largest absolute Gasteiger partial charge is 0.508 e. The normalized spacial score (nSPS) is 9.62. The fourth-order valence-corrected chi connectivity index (χ4v) is 1.76. The summed E-state index contributed by atoms with van der Waals surface area (Å²) >= 11 is 0. The number of esters is 2. The third-order valence-electron chi connectivity index (χ3n) is 3.09. The van der Waals surface area contributed by atoms with Crippen LogP contribution in [0.15, 0.2) is 54.6 Å². The molecule has 0 atom stereocenters. The van der Waals surface area contributed by atoms with Crippen LogP contribution in [0.2, 0.25) is 0 Å². The lowest BCUT2D eigenvalue weighted by Gasteiger charge is -2.02. The second-order valence-electron chi connectivity index (χ2n) is 5.26. The summed E-state index contributed by atoms with van der Waals surface area (Å²) in [6.07, 6.45) is 1.29. The standard InChI is InChI=1S/2C10H12O3/c1-2-7-13-10(12)8-3-5-9(11)6-4-8;11-7-4-8-13-10(12)9-5-2-1-3-6-9/h3-6,11H,2,7H2,1H3;1-3,5-6,11H,4,7-8H2. The Labute approximate surface area is 153 Å². The molecule has 0 radical (unpaired) electrons. The van der Waals surface area contributed by atoms with Crippen LogP contribution in [0.5, 0.6) is 5.75 Å². The summed E-state index contributed by atoms with van der Waals surface area (Å²) in [7, 11) is 0. The molecule has 0 amide bonds. The van der Waals surface area contributed by atoms with Crippen molar-refractivity contribution in [2.24, 2.45) is 0 Å². The van der Waals surface area contributed by atoms with E-state index in [-0.39, 0.29) is 30.9 Å². The smallest absolute Gasteiger partial charge is 0.338 e. The van der Waals surface area contributed by atoms with E-state index >= 15 is 0 Å². The molecule has 0 spiro atoms. The molecular weight excluding hydrogens is 336 g/mol. The predicted octanol–water partition coefficient (Wildman–Crippen LogP) is 3.18. The first kappa shape index (κ1) is 21.2. The number of phenols is 1. The molecule has 0 bridgehead atoms. The number of hydrogen-bond acceptors (Lipinski definition) is 6. The maximum Gasteiger partial charge on any atom is 0.338 e. The molecule has 2 N–H and O–H groups in total. The summed E-state index contributed by atoms with van der Waals surface area (Å²) in [6.45, 7) is 2.68. The second-order valence-corrected chi connectivity index (χ2v) is 5.26. The molecule has 2 rings (SSSR count). The number of aliphatic hydroxyl groups excluding tert-OH is 1. The van der Waals surface area contributed by atoms with Gasteiger partial charge < -0.3 is 19.7 Å². The van der Waals surface area contributed by atoms with Gasteiger partial charge in [0.25, 0.3) is 0 Å². The number of carbonyl (C=O) groups excluding carboxylic acids is 2. The first-order valence-corrected chi connectivity index (χ1v) is 8.37. The zero-order valence-corrected chi connectivity index (χ0v) is 14.8. The highest BCUT2D eigenvalue weighted by Gasteiger charge is 2.05. The molecule has 0 saturated carbocycles. The van der Waals surface area contributed by atoms with E-state index in [0.717, 1.165) is 6.42 Å². The van der Waals surface area contributed by atoms with Gasteiger partial charge in [-0.1, -0.05) is 25.1 Å². The van der Waals surface area contributed by atoms with Gasteiger partial charge in [-0.15, -0.1) is 0 Å². The summed E-state index contributed by atoms with van der Waals surface area (Å²) in [6, 6.07) is 14.8. The average Bonchev–Trinajstić information content (AvgIpc) is 2.68. The summed E-state index contributed by atoms with van der Waals surface area (Å²) in [5.74, 6) is -0.539. The fraction of sp³-hybridized carbons (Fsp3) is 0.300. The Morgan fingerprint density at radius 3 is 1.92 bits per heavy atom. The SMILES string of the molecule is CCCOC(=O)c1ccc(O)cc1.O=C(OCCCO)c1ccccc1. The quantitative estimate of drug-likeness (QED) is 0.582. The van der Waals surface area contributed by atoms with E-state index in [1.807, 2.05) is 13.0 Å². The van der Waals surface area contributed by atoms with Crippen molar-refractivity contribution in [3.8, 4) is 5.75 Å². The maximum atomic E-state index is 11.2. The summed E-state index contributed by atoms with van der Waals surface area (Å²) in [5.41, 5.74) is 1.01. The van der Waals surface area contributed by atoms with Crippen molar-refractivity contribution in [1.82, 2.24) is 0 Å². The van der Waals surface area contributed by atoms with Gasteiger partial charge >= 0.3 is 11.9 Å². The zero-order valence-electron chi connectivity index (χ0n) is 14.8. The highest BCUT2D eigenvalue weighted by Crippen LogP contribution is 2.10. The molecule has 6 nitrogen and oxygen atoms in total. The maximum absolute atomic E-state index is 11.2. The first-order chi connectivity index (χ1) is 12.6. The van der Waals surface area contributed by atoms with E-state index in [0.29, 0.717) is 24.2 Å². The van der Waals surface area contributed by atoms with Crippen molar-refractivity contribution >= 4 is 11.9 Å². The Hall–Kier alpha value is -2.86. The minimum absolute atomic E-state index is 0.0437. The molecule has 140 valence electrons. The molecule has 0 heterocycles. The summed E-state index contributed by atoms with van der Waals surface area (Å²) in [5, 5.41) is 17.4. The van der Waals surface area contributed by atoms with Gasteiger partial charge in [0.15, 0.2) is 0 Å². The lowest BCUT2D eigenvalue weighted by atomic mass is 10.2. The van der Waals surface area contributed by atoms with E-state index in [1.54, 1.807) is 24.3 Å². The minimum atomic E-state index is -0.346. The monoisotopic (exact) mass is 360 g/mol. The molecule has 0 saturated heterocycles.